The molecule has 0 saturated carbocycles. The summed E-state index contributed by atoms with van der Waals surface area (Å²) in [5.74, 6) is 2.11. The van der Waals surface area contributed by atoms with Crippen LogP contribution in [0.5, 0.6) is 23.0 Å². The van der Waals surface area contributed by atoms with Gasteiger partial charge in [-0.25, -0.2) is 0 Å². The van der Waals surface area contributed by atoms with E-state index < -0.39 is 0 Å². The number of thioether (sulfide) groups is 1. The Morgan fingerprint density at radius 3 is 2.38 bits per heavy atom. The average molecular weight is 452 g/mol. The number of hydrogen-bond donors (Lipinski definition) is 1. The van der Waals surface area contributed by atoms with Gasteiger partial charge in [0.25, 0.3) is 5.91 Å². The molecule has 1 heterocycles. The predicted octanol–water partition coefficient (Wildman–Crippen LogP) is 4.30. The monoisotopic (exact) mass is 451 g/mol. The third-order valence-corrected chi connectivity index (χ3v) is 5.29. The van der Waals surface area contributed by atoms with Crippen molar-refractivity contribution in [3.8, 4) is 23.0 Å². The van der Waals surface area contributed by atoms with E-state index in [4.69, 9.17) is 42.8 Å². The predicted molar refractivity (Wildman–Crippen MR) is 118 cm³/mol. The highest BCUT2D eigenvalue weighted by Crippen LogP contribution is 2.38. The summed E-state index contributed by atoms with van der Waals surface area (Å²) in [5.41, 5.74) is 0.705. The molecule has 0 atom stereocenters. The van der Waals surface area contributed by atoms with Crippen LogP contribution in [0.2, 0.25) is 5.02 Å². The fourth-order valence-electron chi connectivity index (χ4n) is 2.51. The van der Waals surface area contributed by atoms with E-state index in [9.17, 15) is 4.79 Å². The summed E-state index contributed by atoms with van der Waals surface area (Å²) < 4.78 is 22.3. The number of thiocarbonyl (C=S) groups is 1. The molecule has 1 N–H and O–H groups in total. The number of hydrogen-bond acceptors (Lipinski definition) is 7. The van der Waals surface area contributed by atoms with Crippen molar-refractivity contribution in [2.75, 3.05) is 27.4 Å². The van der Waals surface area contributed by atoms with Gasteiger partial charge in [0.15, 0.2) is 11.5 Å². The fraction of sp³-hybridized carbons (Fsp3) is 0.200. The summed E-state index contributed by atoms with van der Waals surface area (Å²) in [6, 6.07) is 10.7. The molecule has 0 radical (unpaired) electrons. The number of carbonyl (C=O) groups is 1. The lowest BCUT2D eigenvalue weighted by atomic mass is 10.2. The molecular formula is C20H18ClNO5S2. The van der Waals surface area contributed by atoms with Gasteiger partial charge in [0.2, 0.25) is 0 Å². The van der Waals surface area contributed by atoms with Crippen LogP contribution in [-0.2, 0) is 4.79 Å². The van der Waals surface area contributed by atoms with E-state index in [0.29, 0.717) is 43.7 Å². The maximum Gasteiger partial charge on any atom is 0.263 e. The number of carbonyl (C=O) groups excluding carboxylic acids is 1. The number of halogens is 1. The summed E-state index contributed by atoms with van der Waals surface area (Å²) >= 11 is 12.6. The molecule has 1 aliphatic rings. The highest BCUT2D eigenvalue weighted by atomic mass is 35.5. The van der Waals surface area contributed by atoms with Gasteiger partial charge in [0, 0.05) is 0 Å². The molecule has 1 saturated heterocycles. The molecule has 0 unspecified atom stereocenters. The summed E-state index contributed by atoms with van der Waals surface area (Å²) in [7, 11) is 3.13. The summed E-state index contributed by atoms with van der Waals surface area (Å²) in [6.45, 7) is 0.598. The van der Waals surface area contributed by atoms with Gasteiger partial charge in [-0.3, -0.25) is 4.79 Å². The normalized spacial score (nSPS) is 14.7. The van der Waals surface area contributed by atoms with Crippen LogP contribution in [0.4, 0.5) is 0 Å². The zero-order valence-corrected chi connectivity index (χ0v) is 18.1. The maximum absolute atomic E-state index is 11.8. The van der Waals surface area contributed by atoms with Gasteiger partial charge in [0.05, 0.1) is 24.1 Å². The minimum absolute atomic E-state index is 0.230. The van der Waals surface area contributed by atoms with Crippen molar-refractivity contribution < 1.29 is 23.7 Å². The van der Waals surface area contributed by atoms with Crippen LogP contribution in [0.1, 0.15) is 5.56 Å². The molecule has 0 spiro atoms. The first kappa shape index (κ1) is 21.3. The average Bonchev–Trinajstić information content (AvgIpc) is 3.03. The van der Waals surface area contributed by atoms with Gasteiger partial charge < -0.3 is 24.3 Å². The number of rotatable bonds is 8. The number of ether oxygens (including phenoxy) is 4. The highest BCUT2D eigenvalue weighted by molar-refractivity contribution is 8.26. The van der Waals surface area contributed by atoms with E-state index in [1.165, 1.54) is 18.9 Å². The van der Waals surface area contributed by atoms with E-state index in [1.807, 2.05) is 24.3 Å². The fourth-order valence-corrected chi connectivity index (χ4v) is 3.83. The Morgan fingerprint density at radius 2 is 1.76 bits per heavy atom. The molecular weight excluding hydrogens is 434 g/mol. The van der Waals surface area contributed by atoms with Crippen LogP contribution in [0.25, 0.3) is 6.08 Å². The molecule has 6 nitrogen and oxygen atoms in total. The van der Waals surface area contributed by atoms with Crippen LogP contribution in [0.3, 0.4) is 0 Å². The van der Waals surface area contributed by atoms with Gasteiger partial charge in [-0.05, 0) is 48.0 Å². The molecule has 1 amide bonds. The summed E-state index contributed by atoms with van der Waals surface area (Å²) in [6.07, 6.45) is 1.70. The first-order valence-corrected chi connectivity index (χ1v) is 10.1. The SMILES string of the molecule is COc1ccc(OCCOc2c(Cl)cc(/C=C3/SC(=S)NC3=O)cc2OC)cc1. The topological polar surface area (TPSA) is 66.0 Å². The van der Waals surface area contributed by atoms with E-state index in [1.54, 1.807) is 25.3 Å². The zero-order chi connectivity index (χ0) is 20.8. The lowest BCUT2D eigenvalue weighted by molar-refractivity contribution is -0.115. The number of benzene rings is 2. The molecule has 0 aromatic heterocycles. The van der Waals surface area contributed by atoms with Gasteiger partial charge in [-0.15, -0.1) is 0 Å². The van der Waals surface area contributed by atoms with Crippen molar-refractivity contribution >= 4 is 51.9 Å². The van der Waals surface area contributed by atoms with Crippen molar-refractivity contribution in [2.45, 2.75) is 0 Å². The standard InChI is InChI=1S/C20H18ClNO5S2/c1-24-13-3-5-14(6-4-13)26-7-8-27-18-15(21)9-12(10-16(18)25-2)11-17-19(23)22-20(28)29-17/h3-6,9-11H,7-8H2,1-2H3,(H,22,23,28)/b17-11+. The molecule has 2 aromatic carbocycles. The minimum atomic E-state index is -0.230. The van der Waals surface area contributed by atoms with Gasteiger partial charge >= 0.3 is 0 Å². The van der Waals surface area contributed by atoms with Crippen LogP contribution in [0, 0.1) is 0 Å². The Hall–Kier alpha value is -2.42. The van der Waals surface area contributed by atoms with Crippen LogP contribution >= 0.6 is 35.6 Å². The van der Waals surface area contributed by atoms with E-state index in [0.717, 1.165) is 5.75 Å². The number of nitrogens with one attached hydrogen (secondary N) is 1. The van der Waals surface area contributed by atoms with Gasteiger partial charge in [0.1, 0.15) is 29.0 Å². The van der Waals surface area contributed by atoms with Crippen molar-refractivity contribution in [1.29, 1.82) is 0 Å². The van der Waals surface area contributed by atoms with Crippen molar-refractivity contribution in [3.63, 3.8) is 0 Å². The van der Waals surface area contributed by atoms with E-state index in [-0.39, 0.29) is 12.5 Å². The Kier molecular flexibility index (Phi) is 7.24. The quantitative estimate of drug-likeness (QED) is 0.364. The summed E-state index contributed by atoms with van der Waals surface area (Å²) in [5, 5.41) is 2.94. The van der Waals surface area contributed by atoms with Gasteiger partial charge in [-0.2, -0.15) is 0 Å². The lowest BCUT2D eigenvalue weighted by Gasteiger charge is -2.14. The van der Waals surface area contributed by atoms with Crippen LogP contribution in [-0.4, -0.2) is 37.7 Å². The van der Waals surface area contributed by atoms with E-state index >= 15 is 0 Å². The molecule has 2 aromatic rings. The first-order valence-electron chi connectivity index (χ1n) is 8.52. The second-order valence-corrected chi connectivity index (χ2v) is 7.88. The third kappa shape index (κ3) is 5.56. The maximum atomic E-state index is 11.8. The lowest BCUT2D eigenvalue weighted by Crippen LogP contribution is -2.17. The molecule has 0 aliphatic carbocycles. The number of methoxy groups -OCH3 is 2. The Morgan fingerprint density at radius 1 is 1.07 bits per heavy atom. The largest absolute Gasteiger partial charge is 0.497 e. The molecule has 0 bridgehead atoms. The first-order chi connectivity index (χ1) is 14.0. The van der Waals surface area contributed by atoms with Crippen molar-refractivity contribution in [2.24, 2.45) is 0 Å². The smallest absolute Gasteiger partial charge is 0.263 e. The van der Waals surface area contributed by atoms with Crippen molar-refractivity contribution in [1.82, 2.24) is 5.32 Å². The number of amides is 1. The second kappa shape index (κ2) is 9.87. The second-order valence-electron chi connectivity index (χ2n) is 5.76. The van der Waals surface area contributed by atoms with Gasteiger partial charge in [-0.1, -0.05) is 35.6 Å². The molecule has 1 fully saturated rings. The van der Waals surface area contributed by atoms with Crippen LogP contribution < -0.4 is 24.3 Å². The molecule has 152 valence electrons. The molecule has 1 aliphatic heterocycles. The Bertz CT molecular complexity index is 947. The Labute approximate surface area is 183 Å². The van der Waals surface area contributed by atoms with Crippen LogP contribution in [0.15, 0.2) is 41.3 Å². The zero-order valence-electron chi connectivity index (χ0n) is 15.7. The van der Waals surface area contributed by atoms with Crippen molar-refractivity contribution in [3.05, 3.63) is 51.9 Å². The van der Waals surface area contributed by atoms with E-state index in [2.05, 4.69) is 5.32 Å². The minimum Gasteiger partial charge on any atom is -0.497 e. The summed E-state index contributed by atoms with van der Waals surface area (Å²) in [4.78, 5) is 12.3. The molecule has 3 rings (SSSR count). The third-order valence-electron chi connectivity index (χ3n) is 3.85. The Balaban J connectivity index is 1.64. The molecule has 29 heavy (non-hydrogen) atoms. The molecule has 9 heteroatoms. The highest BCUT2D eigenvalue weighted by Gasteiger charge is 2.22.